The first kappa shape index (κ1) is 26.2. The molecule has 0 radical (unpaired) electrons. The van der Waals surface area contributed by atoms with Crippen LogP contribution in [-0.2, 0) is 22.8 Å². The van der Waals surface area contributed by atoms with E-state index in [1.54, 1.807) is 30.5 Å². The van der Waals surface area contributed by atoms with E-state index < -0.39 is 10.0 Å². The van der Waals surface area contributed by atoms with Crippen LogP contribution in [0.3, 0.4) is 0 Å². The lowest BCUT2D eigenvalue weighted by atomic mass is 10.2. The topological polar surface area (TPSA) is 131 Å². The molecule has 2 aromatic carbocycles. The van der Waals surface area contributed by atoms with E-state index in [2.05, 4.69) is 34.4 Å². The molecule has 186 valence electrons. The molecule has 0 aliphatic heterocycles. The van der Waals surface area contributed by atoms with Crippen LogP contribution in [-0.4, -0.2) is 41.0 Å². The van der Waals surface area contributed by atoms with E-state index in [0.717, 1.165) is 28.4 Å². The van der Waals surface area contributed by atoms with Crippen LogP contribution in [0.2, 0.25) is 0 Å². The second kappa shape index (κ2) is 10.5. The Hall–Kier alpha value is -3.41. The predicted octanol–water partition coefficient (Wildman–Crippen LogP) is 3.91. The Kier molecular flexibility index (Phi) is 7.83. The van der Waals surface area contributed by atoms with Gasteiger partial charge in [-0.25, -0.2) is 23.5 Å². The van der Waals surface area contributed by atoms with E-state index in [1.807, 2.05) is 47.8 Å². The smallest absolute Gasteiger partial charge is 0.229 e. The van der Waals surface area contributed by atoms with Gasteiger partial charge in [-0.2, -0.15) is 4.98 Å². The van der Waals surface area contributed by atoms with Crippen LogP contribution in [0.25, 0.3) is 11.0 Å². The molecular weight excluding hydrogens is 488 g/mol. The SMILES string of the molecule is CC(C)Nc1nc2cc(N(C)c3ccnc(Nc4ccc(CS(N)(=O)=O)cc4)n3)ccc2n1C.Cl. The predicted molar refractivity (Wildman–Crippen MR) is 143 cm³/mol. The average molecular weight is 517 g/mol. The zero-order valence-electron chi connectivity index (χ0n) is 19.9. The summed E-state index contributed by atoms with van der Waals surface area (Å²) in [5.74, 6) is 1.75. The number of rotatable bonds is 8. The molecule has 35 heavy (non-hydrogen) atoms. The van der Waals surface area contributed by atoms with Gasteiger partial charge in [-0.05, 0) is 55.8 Å². The maximum Gasteiger partial charge on any atom is 0.229 e. The number of hydrogen-bond donors (Lipinski definition) is 3. The van der Waals surface area contributed by atoms with Gasteiger partial charge < -0.3 is 20.1 Å². The summed E-state index contributed by atoms with van der Waals surface area (Å²) in [5.41, 5.74) is 4.22. The number of aromatic nitrogens is 4. The molecular formula is C23H29ClN8O2S. The monoisotopic (exact) mass is 516 g/mol. The number of fused-ring (bicyclic) bond motifs is 1. The van der Waals surface area contributed by atoms with Crippen LogP contribution < -0.4 is 20.7 Å². The summed E-state index contributed by atoms with van der Waals surface area (Å²) in [6, 6.07) is 15.1. The molecule has 0 spiro atoms. The first-order valence-electron chi connectivity index (χ1n) is 10.8. The normalized spacial score (nSPS) is 11.4. The molecule has 0 bridgehead atoms. The first-order chi connectivity index (χ1) is 16.1. The number of hydrogen-bond acceptors (Lipinski definition) is 8. The van der Waals surface area contributed by atoms with Crippen molar-refractivity contribution >= 4 is 62.6 Å². The van der Waals surface area contributed by atoms with E-state index in [4.69, 9.17) is 10.1 Å². The number of anilines is 5. The van der Waals surface area contributed by atoms with Gasteiger partial charge in [0.25, 0.3) is 0 Å². The van der Waals surface area contributed by atoms with Gasteiger partial charge in [0, 0.05) is 37.7 Å². The highest BCUT2D eigenvalue weighted by Crippen LogP contribution is 2.28. The highest BCUT2D eigenvalue weighted by molar-refractivity contribution is 7.88. The molecule has 10 nitrogen and oxygen atoms in total. The van der Waals surface area contributed by atoms with Crippen molar-refractivity contribution in [2.24, 2.45) is 12.2 Å². The number of nitrogens with two attached hydrogens (primary N) is 1. The number of primary sulfonamides is 1. The molecule has 2 heterocycles. The van der Waals surface area contributed by atoms with E-state index in [1.165, 1.54) is 0 Å². The maximum atomic E-state index is 11.3. The Morgan fingerprint density at radius 1 is 1.09 bits per heavy atom. The molecule has 0 saturated heterocycles. The minimum absolute atomic E-state index is 0. The van der Waals surface area contributed by atoms with Crippen molar-refractivity contribution in [3.8, 4) is 0 Å². The van der Waals surface area contributed by atoms with Gasteiger partial charge in [-0.3, -0.25) is 0 Å². The maximum absolute atomic E-state index is 11.3. The largest absolute Gasteiger partial charge is 0.353 e. The fourth-order valence-electron chi connectivity index (χ4n) is 3.56. The molecule has 0 saturated carbocycles. The van der Waals surface area contributed by atoms with Crippen molar-refractivity contribution in [2.45, 2.75) is 25.6 Å². The average Bonchev–Trinajstić information content (AvgIpc) is 3.08. The van der Waals surface area contributed by atoms with Crippen molar-refractivity contribution in [3.05, 3.63) is 60.3 Å². The Bertz CT molecular complexity index is 1420. The molecule has 2 aromatic heterocycles. The Balaban J connectivity index is 0.00000342. The van der Waals surface area contributed by atoms with Crippen LogP contribution >= 0.6 is 12.4 Å². The van der Waals surface area contributed by atoms with E-state index in [9.17, 15) is 8.42 Å². The Morgan fingerprint density at radius 2 is 1.80 bits per heavy atom. The third kappa shape index (κ3) is 6.38. The van der Waals surface area contributed by atoms with E-state index in [0.29, 0.717) is 17.3 Å². The minimum Gasteiger partial charge on any atom is -0.353 e. The first-order valence-corrected chi connectivity index (χ1v) is 12.5. The zero-order chi connectivity index (χ0) is 24.5. The third-order valence-corrected chi connectivity index (χ3v) is 5.97. The second-order valence-corrected chi connectivity index (χ2v) is 10.0. The Morgan fingerprint density at radius 3 is 2.46 bits per heavy atom. The summed E-state index contributed by atoms with van der Waals surface area (Å²) in [6.07, 6.45) is 1.68. The number of imidazole rings is 1. The van der Waals surface area contributed by atoms with Gasteiger partial charge in [0.15, 0.2) is 0 Å². The molecule has 0 amide bonds. The van der Waals surface area contributed by atoms with Crippen molar-refractivity contribution in [1.82, 2.24) is 19.5 Å². The number of nitrogens with zero attached hydrogens (tertiary/aromatic N) is 5. The zero-order valence-corrected chi connectivity index (χ0v) is 21.6. The van der Waals surface area contributed by atoms with E-state index >= 15 is 0 Å². The van der Waals surface area contributed by atoms with Crippen molar-refractivity contribution in [3.63, 3.8) is 0 Å². The molecule has 0 fully saturated rings. The molecule has 4 aromatic rings. The highest BCUT2D eigenvalue weighted by atomic mass is 35.5. The summed E-state index contributed by atoms with van der Waals surface area (Å²) in [5, 5.41) is 11.6. The molecule has 12 heteroatoms. The molecule has 4 rings (SSSR count). The lowest BCUT2D eigenvalue weighted by Gasteiger charge is -2.19. The van der Waals surface area contributed by atoms with Crippen LogP contribution in [0, 0.1) is 0 Å². The second-order valence-electron chi connectivity index (χ2n) is 8.39. The molecule has 0 atom stereocenters. The lowest BCUT2D eigenvalue weighted by Crippen LogP contribution is -2.14. The summed E-state index contributed by atoms with van der Waals surface area (Å²) in [6.45, 7) is 4.16. The minimum atomic E-state index is -3.57. The summed E-state index contributed by atoms with van der Waals surface area (Å²) >= 11 is 0. The van der Waals surface area contributed by atoms with Gasteiger partial charge >= 0.3 is 0 Å². The number of halogens is 1. The molecule has 0 unspecified atom stereocenters. The quantitative estimate of drug-likeness (QED) is 0.321. The standard InChI is InChI=1S/C23H28N8O2S.ClH/c1-15(2)26-23-28-19-13-18(9-10-20(19)31(23)4)30(3)21-11-12-25-22(29-21)27-17-7-5-16(6-8-17)14-34(24,32)33;/h5-13,15H,14H2,1-4H3,(H,26,28)(H2,24,32,33)(H,25,27,29);1H. The van der Waals surface area contributed by atoms with E-state index in [-0.39, 0.29) is 24.2 Å². The third-order valence-electron chi connectivity index (χ3n) is 5.23. The van der Waals surface area contributed by atoms with Crippen LogP contribution in [0.4, 0.5) is 29.1 Å². The van der Waals surface area contributed by atoms with Crippen molar-refractivity contribution in [1.29, 1.82) is 0 Å². The lowest BCUT2D eigenvalue weighted by molar-refractivity contribution is 0.597. The number of sulfonamides is 1. The molecule has 4 N–H and O–H groups in total. The van der Waals surface area contributed by atoms with Gasteiger partial charge in [0.2, 0.25) is 21.9 Å². The summed E-state index contributed by atoms with van der Waals surface area (Å²) < 4.78 is 24.6. The van der Waals surface area contributed by atoms with Crippen LogP contribution in [0.15, 0.2) is 54.7 Å². The van der Waals surface area contributed by atoms with Crippen LogP contribution in [0.1, 0.15) is 19.4 Å². The molecule has 0 aliphatic rings. The summed E-state index contributed by atoms with van der Waals surface area (Å²) in [4.78, 5) is 15.6. The number of aryl methyl sites for hydroxylation is 1. The van der Waals surface area contributed by atoms with Gasteiger partial charge in [0.1, 0.15) is 5.82 Å². The fraction of sp³-hybridized carbons (Fsp3) is 0.261. The van der Waals surface area contributed by atoms with Crippen molar-refractivity contribution < 1.29 is 8.42 Å². The van der Waals surface area contributed by atoms with Crippen molar-refractivity contribution in [2.75, 3.05) is 22.6 Å². The van der Waals surface area contributed by atoms with Crippen LogP contribution in [0.5, 0.6) is 0 Å². The fourth-order valence-corrected chi connectivity index (χ4v) is 4.22. The highest BCUT2D eigenvalue weighted by Gasteiger charge is 2.13. The Labute approximate surface area is 211 Å². The van der Waals surface area contributed by atoms with Gasteiger partial charge in [-0.15, -0.1) is 12.4 Å². The number of benzene rings is 2. The number of nitrogens with one attached hydrogen (secondary N) is 2. The van der Waals surface area contributed by atoms with Gasteiger partial charge in [0.05, 0.1) is 16.8 Å². The van der Waals surface area contributed by atoms with Gasteiger partial charge in [-0.1, -0.05) is 12.1 Å². The molecule has 0 aliphatic carbocycles. The summed E-state index contributed by atoms with van der Waals surface area (Å²) in [7, 11) is 0.359.